The maximum absolute atomic E-state index is 5.64. The minimum Gasteiger partial charge on any atom is -0.496 e. The highest BCUT2D eigenvalue weighted by molar-refractivity contribution is 6.05. The SMILES string of the molecule is COc1ccc2ccccc2c1-c1nc(C)nc2ccccc12. The van der Waals surface area contributed by atoms with Gasteiger partial charge in [0.25, 0.3) is 0 Å². The Morgan fingerprint density at radius 3 is 2.35 bits per heavy atom. The Morgan fingerprint density at radius 2 is 1.52 bits per heavy atom. The van der Waals surface area contributed by atoms with Crippen molar-refractivity contribution in [3.63, 3.8) is 0 Å². The highest BCUT2D eigenvalue weighted by atomic mass is 16.5. The number of nitrogens with zero attached hydrogens (tertiary/aromatic N) is 2. The van der Waals surface area contributed by atoms with Crippen molar-refractivity contribution in [1.82, 2.24) is 9.97 Å². The molecule has 0 spiro atoms. The van der Waals surface area contributed by atoms with E-state index in [0.717, 1.165) is 39.1 Å². The quantitative estimate of drug-likeness (QED) is 0.535. The van der Waals surface area contributed by atoms with Gasteiger partial charge < -0.3 is 4.74 Å². The number of ether oxygens (including phenoxy) is 1. The van der Waals surface area contributed by atoms with Crippen LogP contribution in [0, 0.1) is 6.92 Å². The van der Waals surface area contributed by atoms with E-state index in [0.29, 0.717) is 0 Å². The van der Waals surface area contributed by atoms with Gasteiger partial charge in [-0.05, 0) is 29.8 Å². The van der Waals surface area contributed by atoms with Gasteiger partial charge in [-0.2, -0.15) is 0 Å². The zero-order chi connectivity index (χ0) is 15.8. The van der Waals surface area contributed by atoms with Crippen molar-refractivity contribution in [2.45, 2.75) is 6.92 Å². The fourth-order valence-corrected chi connectivity index (χ4v) is 3.05. The van der Waals surface area contributed by atoms with E-state index in [-0.39, 0.29) is 0 Å². The lowest BCUT2D eigenvalue weighted by Crippen LogP contribution is -1.97. The van der Waals surface area contributed by atoms with Crippen LogP contribution in [0.1, 0.15) is 5.82 Å². The van der Waals surface area contributed by atoms with E-state index in [4.69, 9.17) is 9.72 Å². The predicted molar refractivity (Wildman–Crippen MR) is 93.8 cm³/mol. The first-order chi connectivity index (χ1) is 11.3. The summed E-state index contributed by atoms with van der Waals surface area (Å²) in [7, 11) is 1.70. The van der Waals surface area contributed by atoms with Gasteiger partial charge in [-0.25, -0.2) is 9.97 Å². The van der Waals surface area contributed by atoms with Gasteiger partial charge in [-0.15, -0.1) is 0 Å². The van der Waals surface area contributed by atoms with Gasteiger partial charge in [0.15, 0.2) is 0 Å². The average molecular weight is 300 g/mol. The lowest BCUT2D eigenvalue weighted by molar-refractivity contribution is 0.417. The number of hydrogen-bond acceptors (Lipinski definition) is 3. The first-order valence-electron chi connectivity index (χ1n) is 7.57. The lowest BCUT2D eigenvalue weighted by Gasteiger charge is -2.14. The van der Waals surface area contributed by atoms with E-state index in [9.17, 15) is 0 Å². The van der Waals surface area contributed by atoms with Crippen molar-refractivity contribution in [3.05, 3.63) is 66.5 Å². The van der Waals surface area contributed by atoms with Gasteiger partial charge in [0.2, 0.25) is 0 Å². The standard InChI is InChI=1S/C20H16N2O/c1-13-21-17-10-6-5-9-16(17)20(22-13)19-15-8-4-3-7-14(15)11-12-18(19)23-2/h3-12H,1-2H3. The molecule has 0 saturated heterocycles. The van der Waals surface area contributed by atoms with E-state index < -0.39 is 0 Å². The summed E-state index contributed by atoms with van der Waals surface area (Å²) in [5, 5.41) is 3.34. The molecule has 0 aliphatic heterocycles. The van der Waals surface area contributed by atoms with E-state index >= 15 is 0 Å². The minimum absolute atomic E-state index is 0.758. The highest BCUT2D eigenvalue weighted by Gasteiger charge is 2.15. The third-order valence-corrected chi connectivity index (χ3v) is 4.06. The molecule has 1 aromatic heterocycles. The molecule has 0 saturated carbocycles. The first kappa shape index (κ1) is 13.7. The molecule has 4 rings (SSSR count). The van der Waals surface area contributed by atoms with Crippen LogP contribution in [0.25, 0.3) is 32.9 Å². The molecule has 3 heteroatoms. The summed E-state index contributed by atoms with van der Waals surface area (Å²) in [6.45, 7) is 1.92. The van der Waals surface area contributed by atoms with Crippen molar-refractivity contribution >= 4 is 21.7 Å². The van der Waals surface area contributed by atoms with Gasteiger partial charge in [0, 0.05) is 5.39 Å². The summed E-state index contributed by atoms with van der Waals surface area (Å²) < 4.78 is 5.64. The number of aryl methyl sites for hydroxylation is 1. The predicted octanol–water partition coefficient (Wildman–Crippen LogP) is 4.77. The van der Waals surface area contributed by atoms with Crippen molar-refractivity contribution in [2.24, 2.45) is 0 Å². The minimum atomic E-state index is 0.758. The molecule has 1 heterocycles. The van der Waals surface area contributed by atoms with Crippen LogP contribution in [0.15, 0.2) is 60.7 Å². The summed E-state index contributed by atoms with van der Waals surface area (Å²) in [5.74, 6) is 1.58. The Hall–Kier alpha value is -2.94. The Balaban J connectivity index is 2.18. The van der Waals surface area contributed by atoms with Gasteiger partial charge in [-0.3, -0.25) is 0 Å². The highest BCUT2D eigenvalue weighted by Crippen LogP contribution is 2.38. The van der Waals surface area contributed by atoms with Gasteiger partial charge in [0.1, 0.15) is 11.6 Å². The van der Waals surface area contributed by atoms with Crippen LogP contribution in [0.4, 0.5) is 0 Å². The molecule has 0 bridgehead atoms. The zero-order valence-electron chi connectivity index (χ0n) is 13.1. The number of aromatic nitrogens is 2. The summed E-state index contributed by atoms with van der Waals surface area (Å²) in [6, 6.07) is 20.5. The molecule has 0 atom stereocenters. The smallest absolute Gasteiger partial charge is 0.128 e. The summed E-state index contributed by atoms with van der Waals surface area (Å²) >= 11 is 0. The molecule has 0 radical (unpaired) electrons. The molecule has 0 aliphatic carbocycles. The molecule has 4 aromatic rings. The number of benzene rings is 3. The van der Waals surface area contributed by atoms with Crippen molar-refractivity contribution in [3.8, 4) is 17.0 Å². The maximum atomic E-state index is 5.64. The van der Waals surface area contributed by atoms with Crippen LogP contribution in [0.2, 0.25) is 0 Å². The van der Waals surface area contributed by atoms with E-state index in [1.165, 1.54) is 5.39 Å². The molecule has 0 N–H and O–H groups in total. The Labute approximate surface area is 134 Å². The van der Waals surface area contributed by atoms with Crippen LogP contribution in [0.3, 0.4) is 0 Å². The average Bonchev–Trinajstić information content (AvgIpc) is 2.60. The van der Waals surface area contributed by atoms with E-state index in [1.54, 1.807) is 7.11 Å². The van der Waals surface area contributed by atoms with Crippen LogP contribution >= 0.6 is 0 Å². The number of methoxy groups -OCH3 is 1. The first-order valence-corrected chi connectivity index (χ1v) is 7.57. The second-order valence-electron chi connectivity index (χ2n) is 5.50. The Morgan fingerprint density at radius 1 is 0.783 bits per heavy atom. The Bertz CT molecular complexity index is 1020. The zero-order valence-corrected chi connectivity index (χ0v) is 13.1. The monoisotopic (exact) mass is 300 g/mol. The largest absolute Gasteiger partial charge is 0.496 e. The molecule has 0 amide bonds. The maximum Gasteiger partial charge on any atom is 0.128 e. The fourth-order valence-electron chi connectivity index (χ4n) is 3.05. The van der Waals surface area contributed by atoms with Crippen molar-refractivity contribution in [1.29, 1.82) is 0 Å². The lowest BCUT2D eigenvalue weighted by atomic mass is 9.98. The fraction of sp³-hybridized carbons (Fsp3) is 0.100. The molecule has 112 valence electrons. The summed E-state index contributed by atoms with van der Waals surface area (Å²) in [5.41, 5.74) is 2.89. The Kier molecular flexibility index (Phi) is 3.19. The third kappa shape index (κ3) is 2.21. The van der Waals surface area contributed by atoms with Crippen LogP contribution in [-0.4, -0.2) is 17.1 Å². The van der Waals surface area contributed by atoms with Crippen LogP contribution < -0.4 is 4.74 Å². The molecule has 3 nitrogen and oxygen atoms in total. The van der Waals surface area contributed by atoms with Crippen LogP contribution in [-0.2, 0) is 0 Å². The topological polar surface area (TPSA) is 35.0 Å². The number of rotatable bonds is 2. The summed E-state index contributed by atoms with van der Waals surface area (Å²) in [4.78, 5) is 9.28. The van der Waals surface area contributed by atoms with Crippen molar-refractivity contribution < 1.29 is 4.74 Å². The van der Waals surface area contributed by atoms with E-state index in [2.05, 4.69) is 29.2 Å². The van der Waals surface area contributed by atoms with Gasteiger partial charge in [0.05, 0.1) is 23.9 Å². The van der Waals surface area contributed by atoms with Crippen LogP contribution in [0.5, 0.6) is 5.75 Å². The van der Waals surface area contributed by atoms with Gasteiger partial charge >= 0.3 is 0 Å². The van der Waals surface area contributed by atoms with E-state index in [1.807, 2.05) is 43.3 Å². The number of hydrogen-bond donors (Lipinski definition) is 0. The molecule has 23 heavy (non-hydrogen) atoms. The molecule has 0 fully saturated rings. The second-order valence-corrected chi connectivity index (χ2v) is 5.50. The molecule has 3 aromatic carbocycles. The molecular formula is C20H16N2O. The molecule has 0 aliphatic rings. The van der Waals surface area contributed by atoms with Gasteiger partial charge in [-0.1, -0.05) is 48.5 Å². The molecule has 0 unspecified atom stereocenters. The molecular weight excluding hydrogens is 284 g/mol. The van der Waals surface area contributed by atoms with Crippen molar-refractivity contribution in [2.75, 3.05) is 7.11 Å². The summed E-state index contributed by atoms with van der Waals surface area (Å²) in [6.07, 6.45) is 0. The number of fused-ring (bicyclic) bond motifs is 2. The normalized spacial score (nSPS) is 11.0. The third-order valence-electron chi connectivity index (χ3n) is 4.06. The second kappa shape index (κ2) is 5.36. The number of para-hydroxylation sites is 1.